The minimum Gasteiger partial charge on any atom is -0.368 e. The third kappa shape index (κ3) is 2.63. The lowest BCUT2D eigenvalue weighted by Crippen LogP contribution is -1.97. The van der Waals surface area contributed by atoms with E-state index in [1.54, 1.807) is 18.5 Å². The normalized spacial score (nSPS) is 10.2. The van der Waals surface area contributed by atoms with Crippen molar-refractivity contribution in [3.8, 4) is 0 Å². The Hall–Kier alpha value is -1.69. The molecule has 0 aliphatic heterocycles. The van der Waals surface area contributed by atoms with Gasteiger partial charge in [-0.15, -0.1) is 0 Å². The van der Waals surface area contributed by atoms with Gasteiger partial charge >= 0.3 is 0 Å². The highest BCUT2D eigenvalue weighted by atomic mass is 32.2. The fourth-order valence-corrected chi connectivity index (χ4v) is 1.83. The molecule has 0 fully saturated rings. The Morgan fingerprint density at radius 3 is 2.60 bits per heavy atom. The summed E-state index contributed by atoms with van der Waals surface area (Å²) in [5.74, 6) is 0.272. The van der Waals surface area contributed by atoms with Crippen molar-refractivity contribution in [2.45, 2.75) is 17.1 Å². The summed E-state index contributed by atoms with van der Waals surface area (Å²) in [6.07, 6.45) is 3.37. The third-order valence-corrected chi connectivity index (χ3v) is 2.40. The summed E-state index contributed by atoms with van der Waals surface area (Å²) in [5.41, 5.74) is 6.37. The average molecular weight is 219 g/mol. The molecule has 6 heteroatoms. The van der Waals surface area contributed by atoms with Crippen molar-refractivity contribution in [2.75, 3.05) is 5.73 Å². The number of aromatic nitrogens is 4. The van der Waals surface area contributed by atoms with Crippen molar-refractivity contribution in [1.29, 1.82) is 0 Å². The van der Waals surface area contributed by atoms with Gasteiger partial charge in [0.25, 0.3) is 0 Å². The molecule has 0 unspecified atom stereocenters. The van der Waals surface area contributed by atoms with E-state index < -0.39 is 0 Å². The summed E-state index contributed by atoms with van der Waals surface area (Å²) < 4.78 is 0. The molecule has 0 bridgehead atoms. The van der Waals surface area contributed by atoms with Crippen LogP contribution in [0.2, 0.25) is 0 Å². The molecule has 0 saturated carbocycles. The maximum Gasteiger partial charge on any atom is 0.221 e. The van der Waals surface area contributed by atoms with Crippen molar-refractivity contribution in [2.24, 2.45) is 0 Å². The second kappa shape index (κ2) is 4.22. The molecule has 76 valence electrons. The highest BCUT2D eigenvalue weighted by Crippen LogP contribution is 2.22. The first-order chi connectivity index (χ1) is 7.24. The monoisotopic (exact) mass is 219 g/mol. The van der Waals surface area contributed by atoms with Crippen LogP contribution in [0.4, 0.5) is 5.95 Å². The molecule has 0 aliphatic carbocycles. The second-order valence-electron chi connectivity index (χ2n) is 2.84. The number of nitrogen functional groups attached to an aromatic ring is 1. The molecular formula is C9H9N5S. The quantitative estimate of drug-likeness (QED) is 0.606. The van der Waals surface area contributed by atoms with E-state index in [1.165, 1.54) is 11.8 Å². The van der Waals surface area contributed by atoms with Gasteiger partial charge in [0.15, 0.2) is 5.16 Å². The van der Waals surface area contributed by atoms with Gasteiger partial charge in [-0.05, 0) is 30.8 Å². The summed E-state index contributed by atoms with van der Waals surface area (Å²) in [6.45, 7) is 1.87. The highest BCUT2D eigenvalue weighted by Gasteiger charge is 2.03. The van der Waals surface area contributed by atoms with Crippen LogP contribution >= 0.6 is 11.8 Å². The Bertz CT molecular complexity index is 439. The molecule has 0 amide bonds. The third-order valence-electron chi connectivity index (χ3n) is 1.59. The summed E-state index contributed by atoms with van der Waals surface area (Å²) in [4.78, 5) is 16.2. The van der Waals surface area contributed by atoms with Crippen LogP contribution in [0.1, 0.15) is 5.69 Å². The SMILES string of the molecule is Cc1cc(Sc2ncccn2)nc(N)n1. The first-order valence-corrected chi connectivity index (χ1v) is 5.12. The Morgan fingerprint density at radius 1 is 1.20 bits per heavy atom. The second-order valence-corrected chi connectivity index (χ2v) is 3.83. The molecule has 2 heterocycles. The number of nitrogens with two attached hydrogens (primary N) is 1. The van der Waals surface area contributed by atoms with E-state index in [9.17, 15) is 0 Å². The zero-order valence-electron chi connectivity index (χ0n) is 8.08. The smallest absolute Gasteiger partial charge is 0.221 e. The number of anilines is 1. The summed E-state index contributed by atoms with van der Waals surface area (Å²) in [6, 6.07) is 3.61. The molecule has 0 aromatic carbocycles. The van der Waals surface area contributed by atoms with Crippen LogP contribution in [0, 0.1) is 6.92 Å². The largest absolute Gasteiger partial charge is 0.368 e. The molecule has 2 N–H and O–H groups in total. The molecular weight excluding hydrogens is 210 g/mol. The predicted octanol–water partition coefficient (Wildman–Crippen LogP) is 1.31. The van der Waals surface area contributed by atoms with E-state index in [-0.39, 0.29) is 5.95 Å². The minimum atomic E-state index is 0.272. The number of nitrogens with zero attached hydrogens (tertiary/aromatic N) is 4. The molecule has 0 aliphatic rings. The fourth-order valence-electron chi connectivity index (χ4n) is 1.05. The zero-order valence-corrected chi connectivity index (χ0v) is 8.90. The number of hydrogen-bond donors (Lipinski definition) is 1. The molecule has 2 rings (SSSR count). The fraction of sp³-hybridized carbons (Fsp3) is 0.111. The van der Waals surface area contributed by atoms with Gasteiger partial charge in [0.2, 0.25) is 5.95 Å². The average Bonchev–Trinajstić information content (AvgIpc) is 2.17. The van der Waals surface area contributed by atoms with Gasteiger partial charge < -0.3 is 5.73 Å². The molecule has 15 heavy (non-hydrogen) atoms. The first kappa shape index (κ1) is 9.85. The van der Waals surface area contributed by atoms with Gasteiger partial charge in [0.05, 0.1) is 0 Å². The topological polar surface area (TPSA) is 77.6 Å². The van der Waals surface area contributed by atoms with Crippen LogP contribution in [0.3, 0.4) is 0 Å². The zero-order chi connectivity index (χ0) is 10.7. The number of hydrogen-bond acceptors (Lipinski definition) is 6. The molecule has 5 nitrogen and oxygen atoms in total. The molecule has 0 spiro atoms. The van der Waals surface area contributed by atoms with E-state index in [0.717, 1.165) is 10.7 Å². The van der Waals surface area contributed by atoms with Crippen LogP contribution in [0.25, 0.3) is 0 Å². The van der Waals surface area contributed by atoms with E-state index >= 15 is 0 Å². The van der Waals surface area contributed by atoms with E-state index in [0.29, 0.717) is 5.16 Å². The Morgan fingerprint density at radius 2 is 1.93 bits per heavy atom. The maximum atomic E-state index is 5.54. The molecule has 2 aromatic rings. The first-order valence-electron chi connectivity index (χ1n) is 4.30. The van der Waals surface area contributed by atoms with Crippen LogP contribution in [0.5, 0.6) is 0 Å². The van der Waals surface area contributed by atoms with Crippen molar-refractivity contribution < 1.29 is 0 Å². The van der Waals surface area contributed by atoms with E-state index in [1.807, 2.05) is 13.0 Å². The predicted molar refractivity (Wildman–Crippen MR) is 57.3 cm³/mol. The summed E-state index contributed by atoms with van der Waals surface area (Å²) in [5, 5.41) is 1.40. The highest BCUT2D eigenvalue weighted by molar-refractivity contribution is 7.99. The van der Waals surface area contributed by atoms with Crippen LogP contribution in [-0.4, -0.2) is 19.9 Å². The van der Waals surface area contributed by atoms with Gasteiger partial charge in [-0.25, -0.2) is 19.9 Å². The van der Waals surface area contributed by atoms with Gasteiger partial charge in [-0.3, -0.25) is 0 Å². The molecule has 0 atom stereocenters. The Kier molecular flexibility index (Phi) is 2.77. The maximum absolute atomic E-state index is 5.54. The number of rotatable bonds is 2. The minimum absolute atomic E-state index is 0.272. The van der Waals surface area contributed by atoms with Crippen molar-refractivity contribution >= 4 is 17.7 Å². The lowest BCUT2D eigenvalue weighted by Gasteiger charge is -2.00. The molecule has 0 radical (unpaired) electrons. The van der Waals surface area contributed by atoms with E-state index in [4.69, 9.17) is 5.73 Å². The standard InChI is InChI=1S/C9H9N5S/c1-6-5-7(14-8(10)13-6)15-9-11-3-2-4-12-9/h2-5H,1H3,(H2,10,13,14). The van der Waals surface area contributed by atoms with Gasteiger partial charge in [-0.1, -0.05) is 0 Å². The van der Waals surface area contributed by atoms with Crippen molar-refractivity contribution in [1.82, 2.24) is 19.9 Å². The lowest BCUT2D eigenvalue weighted by atomic mass is 10.5. The van der Waals surface area contributed by atoms with Crippen LogP contribution in [0.15, 0.2) is 34.7 Å². The summed E-state index contributed by atoms with van der Waals surface area (Å²) >= 11 is 1.36. The van der Waals surface area contributed by atoms with E-state index in [2.05, 4.69) is 19.9 Å². The Labute approximate surface area is 91.2 Å². The lowest BCUT2D eigenvalue weighted by molar-refractivity contribution is 0.953. The Balaban J connectivity index is 2.25. The van der Waals surface area contributed by atoms with Crippen molar-refractivity contribution in [3.05, 3.63) is 30.2 Å². The number of aryl methyl sites for hydroxylation is 1. The van der Waals surface area contributed by atoms with Gasteiger partial charge in [0, 0.05) is 18.1 Å². The molecule has 2 aromatic heterocycles. The van der Waals surface area contributed by atoms with Gasteiger partial charge in [0.1, 0.15) is 5.03 Å². The van der Waals surface area contributed by atoms with Crippen LogP contribution < -0.4 is 5.73 Å². The van der Waals surface area contributed by atoms with Crippen LogP contribution in [-0.2, 0) is 0 Å². The summed E-state index contributed by atoms with van der Waals surface area (Å²) in [7, 11) is 0. The van der Waals surface area contributed by atoms with Crippen molar-refractivity contribution in [3.63, 3.8) is 0 Å². The molecule has 0 saturated heterocycles. The van der Waals surface area contributed by atoms with Gasteiger partial charge in [-0.2, -0.15) is 0 Å².